The predicted octanol–water partition coefficient (Wildman–Crippen LogP) is 3.71. The van der Waals surface area contributed by atoms with E-state index in [1.807, 2.05) is 0 Å². The van der Waals surface area contributed by atoms with E-state index < -0.39 is 29.6 Å². The first-order chi connectivity index (χ1) is 17.5. The molecule has 0 amide bonds. The number of aromatic nitrogens is 2. The zero-order valence-corrected chi connectivity index (χ0v) is 19.2. The SMILES string of the molecule is [N-]=[N+]=NC1COc2nc(=O)n(CCC(COC(=O)c3ccccc3)COC(=O)c3ccccc3)cc21. The molecule has 1 aliphatic heterocycles. The molecular formula is C25H23N5O6. The van der Waals surface area contributed by atoms with E-state index >= 15 is 0 Å². The Morgan fingerprint density at radius 1 is 1.06 bits per heavy atom. The Labute approximate surface area is 205 Å². The third-order valence-corrected chi connectivity index (χ3v) is 5.61. The molecule has 0 spiro atoms. The molecule has 11 heteroatoms. The fourth-order valence-electron chi connectivity index (χ4n) is 3.64. The minimum atomic E-state index is -0.571. The van der Waals surface area contributed by atoms with E-state index in [0.29, 0.717) is 23.1 Å². The van der Waals surface area contributed by atoms with Gasteiger partial charge in [0.05, 0.1) is 24.3 Å². The van der Waals surface area contributed by atoms with Gasteiger partial charge in [-0.2, -0.15) is 4.98 Å². The van der Waals surface area contributed by atoms with Crippen molar-refractivity contribution in [1.29, 1.82) is 0 Å². The molecule has 3 aromatic rings. The van der Waals surface area contributed by atoms with Crippen LogP contribution in [0.3, 0.4) is 0 Å². The zero-order chi connectivity index (χ0) is 25.3. The van der Waals surface area contributed by atoms with Crippen molar-refractivity contribution in [3.05, 3.63) is 104 Å². The monoisotopic (exact) mass is 489 g/mol. The molecule has 4 rings (SSSR count). The van der Waals surface area contributed by atoms with Crippen molar-refractivity contribution in [3.8, 4) is 5.88 Å². The first kappa shape index (κ1) is 24.5. The van der Waals surface area contributed by atoms with Crippen LogP contribution < -0.4 is 10.4 Å². The fourth-order valence-corrected chi connectivity index (χ4v) is 3.64. The number of aryl methyl sites for hydroxylation is 1. The molecule has 11 nitrogen and oxygen atoms in total. The van der Waals surface area contributed by atoms with Crippen molar-refractivity contribution in [2.45, 2.75) is 19.0 Å². The van der Waals surface area contributed by atoms with Crippen molar-refractivity contribution < 1.29 is 23.8 Å². The summed E-state index contributed by atoms with van der Waals surface area (Å²) in [6.07, 6.45) is 1.90. The maximum atomic E-state index is 12.5. The van der Waals surface area contributed by atoms with E-state index in [0.717, 1.165) is 0 Å². The van der Waals surface area contributed by atoms with Crippen LogP contribution in [0.25, 0.3) is 10.4 Å². The Hall–Kier alpha value is -4.63. The number of esters is 2. The van der Waals surface area contributed by atoms with Crippen LogP contribution in [0, 0.1) is 5.92 Å². The van der Waals surface area contributed by atoms with E-state index in [1.165, 1.54) is 4.57 Å². The molecule has 0 saturated heterocycles. The summed E-state index contributed by atoms with van der Waals surface area (Å²) < 4.78 is 17.6. The number of rotatable bonds is 10. The lowest BCUT2D eigenvalue weighted by Crippen LogP contribution is -2.27. The van der Waals surface area contributed by atoms with Crippen LogP contribution >= 0.6 is 0 Å². The normalized spacial score (nSPS) is 13.9. The van der Waals surface area contributed by atoms with Crippen LogP contribution in [0.5, 0.6) is 5.88 Å². The van der Waals surface area contributed by atoms with Crippen molar-refractivity contribution in [2.24, 2.45) is 11.0 Å². The van der Waals surface area contributed by atoms with Gasteiger partial charge >= 0.3 is 17.6 Å². The fraction of sp³-hybridized carbons (Fsp3) is 0.280. The summed E-state index contributed by atoms with van der Waals surface area (Å²) in [5.41, 5.74) is 9.55. The van der Waals surface area contributed by atoms with Crippen LogP contribution in [0.2, 0.25) is 0 Å². The molecule has 0 radical (unpaired) electrons. The predicted molar refractivity (Wildman–Crippen MR) is 127 cm³/mol. The molecule has 1 atom stereocenters. The molecule has 0 saturated carbocycles. The van der Waals surface area contributed by atoms with Gasteiger partial charge in [-0.1, -0.05) is 41.5 Å². The smallest absolute Gasteiger partial charge is 0.350 e. The van der Waals surface area contributed by atoms with E-state index in [-0.39, 0.29) is 32.2 Å². The molecule has 0 fully saturated rings. The summed E-state index contributed by atoms with van der Waals surface area (Å²) in [7, 11) is 0. The largest absolute Gasteiger partial charge is 0.477 e. The first-order valence-electron chi connectivity index (χ1n) is 11.3. The van der Waals surface area contributed by atoms with Crippen molar-refractivity contribution in [3.63, 3.8) is 0 Å². The second-order valence-electron chi connectivity index (χ2n) is 8.09. The summed E-state index contributed by atoms with van der Waals surface area (Å²) in [6.45, 7) is 0.280. The molecule has 1 unspecified atom stereocenters. The molecule has 184 valence electrons. The number of hydrogen-bond donors (Lipinski definition) is 0. The number of carbonyl (C=O) groups is 2. The molecular weight excluding hydrogens is 466 g/mol. The Morgan fingerprint density at radius 2 is 1.64 bits per heavy atom. The van der Waals surface area contributed by atoms with Crippen LogP contribution in [0.1, 0.15) is 38.7 Å². The van der Waals surface area contributed by atoms with Crippen molar-refractivity contribution in [1.82, 2.24) is 9.55 Å². The Balaban J connectivity index is 1.44. The van der Waals surface area contributed by atoms with Gasteiger partial charge in [0.15, 0.2) is 0 Å². The minimum Gasteiger partial charge on any atom is -0.477 e. The Bertz CT molecular complexity index is 1270. The number of azide groups is 1. The lowest BCUT2D eigenvalue weighted by Gasteiger charge is -2.18. The van der Waals surface area contributed by atoms with Crippen LogP contribution in [0.15, 0.2) is 76.8 Å². The van der Waals surface area contributed by atoms with E-state index in [9.17, 15) is 14.4 Å². The number of fused-ring (bicyclic) bond motifs is 1. The summed E-state index contributed by atoms with van der Waals surface area (Å²) >= 11 is 0. The summed E-state index contributed by atoms with van der Waals surface area (Å²) in [6, 6.07) is 16.5. The molecule has 2 heterocycles. The average molecular weight is 489 g/mol. The van der Waals surface area contributed by atoms with Crippen LogP contribution in [-0.4, -0.2) is 41.3 Å². The van der Waals surface area contributed by atoms with Crippen molar-refractivity contribution >= 4 is 11.9 Å². The zero-order valence-electron chi connectivity index (χ0n) is 19.2. The summed E-state index contributed by atoms with van der Waals surface area (Å²) in [5, 5.41) is 3.67. The minimum absolute atomic E-state index is 0.0205. The van der Waals surface area contributed by atoms with E-state index in [4.69, 9.17) is 19.7 Å². The summed E-state index contributed by atoms with van der Waals surface area (Å²) in [5.74, 6) is -1.24. The van der Waals surface area contributed by atoms with Gasteiger partial charge in [0.1, 0.15) is 12.6 Å². The molecule has 0 bridgehead atoms. The average Bonchev–Trinajstić information content (AvgIpc) is 3.30. The second-order valence-corrected chi connectivity index (χ2v) is 8.09. The Morgan fingerprint density at radius 3 is 2.19 bits per heavy atom. The topological polar surface area (TPSA) is 145 Å². The van der Waals surface area contributed by atoms with Gasteiger partial charge < -0.3 is 14.2 Å². The Kier molecular flexibility index (Phi) is 7.94. The lowest BCUT2D eigenvalue weighted by molar-refractivity contribution is 0.0240. The third kappa shape index (κ3) is 6.08. The maximum absolute atomic E-state index is 12.5. The first-order valence-corrected chi connectivity index (χ1v) is 11.3. The molecule has 36 heavy (non-hydrogen) atoms. The standard InChI is InChI=1S/C25H23N5O6/c26-29-28-21-16-34-22-20(21)13-30(25(33)27-22)12-11-17(14-35-23(31)18-7-3-1-4-8-18)15-36-24(32)19-9-5-2-6-10-19/h1-10,13,17,21H,11-12,14-16H2. The van der Waals surface area contributed by atoms with Gasteiger partial charge in [0.25, 0.3) is 0 Å². The molecule has 2 aromatic carbocycles. The number of carbonyl (C=O) groups excluding carboxylic acids is 2. The van der Waals surface area contributed by atoms with Crippen molar-refractivity contribution in [2.75, 3.05) is 19.8 Å². The molecule has 0 N–H and O–H groups in total. The van der Waals surface area contributed by atoms with Gasteiger partial charge in [-0.25, -0.2) is 14.4 Å². The number of benzene rings is 2. The number of ether oxygens (including phenoxy) is 3. The van der Waals surface area contributed by atoms with Crippen LogP contribution in [-0.2, 0) is 16.0 Å². The van der Waals surface area contributed by atoms with Gasteiger partial charge in [-0.15, -0.1) is 0 Å². The van der Waals surface area contributed by atoms with Gasteiger partial charge in [0.2, 0.25) is 5.88 Å². The second kappa shape index (κ2) is 11.7. The number of hydrogen-bond acceptors (Lipinski definition) is 8. The highest BCUT2D eigenvalue weighted by molar-refractivity contribution is 5.89. The van der Waals surface area contributed by atoms with Gasteiger partial charge in [0, 0.05) is 29.1 Å². The van der Waals surface area contributed by atoms with Gasteiger partial charge in [-0.05, 0) is 36.2 Å². The van der Waals surface area contributed by atoms with E-state index in [1.54, 1.807) is 66.9 Å². The molecule has 1 aliphatic rings. The summed E-state index contributed by atoms with van der Waals surface area (Å²) in [4.78, 5) is 44.0. The lowest BCUT2D eigenvalue weighted by atomic mass is 10.1. The van der Waals surface area contributed by atoms with Crippen LogP contribution in [0.4, 0.5) is 0 Å². The third-order valence-electron chi connectivity index (χ3n) is 5.61. The molecule has 0 aliphatic carbocycles. The van der Waals surface area contributed by atoms with Gasteiger partial charge in [-0.3, -0.25) is 4.57 Å². The number of nitrogens with zero attached hydrogens (tertiary/aromatic N) is 5. The highest BCUT2D eigenvalue weighted by Gasteiger charge is 2.26. The van der Waals surface area contributed by atoms with E-state index in [2.05, 4.69) is 15.0 Å². The maximum Gasteiger partial charge on any atom is 0.350 e. The quantitative estimate of drug-likeness (QED) is 0.183. The molecule has 1 aromatic heterocycles. The highest BCUT2D eigenvalue weighted by atomic mass is 16.5. The highest BCUT2D eigenvalue weighted by Crippen LogP contribution is 2.31.